The van der Waals surface area contributed by atoms with Gasteiger partial charge in [0.05, 0.1) is 0 Å². The fourth-order valence-corrected chi connectivity index (χ4v) is 8.49. The summed E-state index contributed by atoms with van der Waals surface area (Å²) < 4.78 is 0. The van der Waals surface area contributed by atoms with Crippen molar-refractivity contribution in [3.05, 3.63) is 0 Å². The number of fused-ring (bicyclic) bond motifs is 5. The molecule has 24 heavy (non-hydrogen) atoms. The molecule has 0 spiro atoms. The first kappa shape index (κ1) is 17.4. The Morgan fingerprint density at radius 1 is 0.792 bits per heavy atom. The van der Waals surface area contributed by atoms with Gasteiger partial charge in [0.25, 0.3) is 0 Å². The highest BCUT2D eigenvalue weighted by Crippen LogP contribution is 2.67. The van der Waals surface area contributed by atoms with Crippen molar-refractivity contribution in [2.45, 2.75) is 91.0 Å². The van der Waals surface area contributed by atoms with Gasteiger partial charge in [-0.1, -0.05) is 26.7 Å². The molecular weight excluding hydrogens is 290 g/mol. The summed E-state index contributed by atoms with van der Waals surface area (Å²) in [5, 5.41) is 0. The van der Waals surface area contributed by atoms with Gasteiger partial charge in [0, 0.05) is 6.04 Å². The molecule has 4 rings (SSSR count). The molecule has 8 atom stereocenters. The third kappa shape index (κ3) is 2.36. The minimum Gasteiger partial charge on any atom is -0.306 e. The fourth-order valence-electron chi connectivity index (χ4n) is 8.49. The van der Waals surface area contributed by atoms with Crippen molar-refractivity contribution in [3.8, 4) is 0 Å². The maximum absolute atomic E-state index is 2.71. The smallest absolute Gasteiger partial charge is 0.00944 e. The number of hydrogen-bond donors (Lipinski definition) is 0. The predicted molar refractivity (Wildman–Crippen MR) is 103 cm³/mol. The van der Waals surface area contributed by atoms with Crippen LogP contribution in [0.25, 0.3) is 0 Å². The molecule has 0 aromatic rings. The van der Waals surface area contributed by atoms with Crippen molar-refractivity contribution < 1.29 is 0 Å². The maximum Gasteiger partial charge on any atom is 0.00944 e. The van der Waals surface area contributed by atoms with E-state index in [0.29, 0.717) is 10.8 Å². The van der Waals surface area contributed by atoms with E-state index in [2.05, 4.69) is 39.8 Å². The van der Waals surface area contributed by atoms with Gasteiger partial charge in [-0.2, -0.15) is 0 Å². The standard InChI is InChI=1S/C23H41N/c1-16(24(4)5)19-11-12-20-18-10-9-17-8-6-7-14-22(17,2)21(18)13-15-23(19,20)3/h16-21H,6-15H2,1-5H3/t16-,17-,18+,19-,20+,21+,22+,23-/m1/s1. The van der Waals surface area contributed by atoms with Crippen LogP contribution in [0.4, 0.5) is 0 Å². The SMILES string of the molecule is C[C@H]([C@H]1CC[C@H]2[C@@H]3CC[C@H]4CCCC[C@]4(C)[C@H]3CC[C@]12C)N(C)C. The molecule has 0 aromatic heterocycles. The predicted octanol–water partition coefficient (Wildman–Crippen LogP) is 5.99. The molecule has 0 heterocycles. The van der Waals surface area contributed by atoms with Gasteiger partial charge in [-0.25, -0.2) is 0 Å². The Bertz CT molecular complexity index is 471. The fraction of sp³-hybridized carbons (Fsp3) is 1.00. The van der Waals surface area contributed by atoms with E-state index in [1.807, 2.05) is 0 Å². The molecule has 0 N–H and O–H groups in total. The minimum absolute atomic E-state index is 0.628. The van der Waals surface area contributed by atoms with Crippen molar-refractivity contribution in [2.75, 3.05) is 14.1 Å². The van der Waals surface area contributed by atoms with Crippen LogP contribution in [0.3, 0.4) is 0 Å². The molecule has 0 amide bonds. The molecule has 0 radical (unpaired) electrons. The summed E-state index contributed by atoms with van der Waals surface area (Å²) in [6, 6.07) is 0.748. The molecule has 138 valence electrons. The highest BCUT2D eigenvalue weighted by Gasteiger charge is 2.60. The van der Waals surface area contributed by atoms with E-state index in [1.54, 1.807) is 32.1 Å². The lowest BCUT2D eigenvalue weighted by Crippen LogP contribution is -2.54. The molecule has 0 aromatic carbocycles. The average molecular weight is 332 g/mol. The second-order valence-electron chi connectivity index (χ2n) is 10.8. The third-order valence-electron chi connectivity index (χ3n) is 10.1. The maximum atomic E-state index is 2.71. The lowest BCUT2D eigenvalue weighted by Gasteiger charge is -2.61. The molecule has 0 bridgehead atoms. The summed E-state index contributed by atoms with van der Waals surface area (Å²) in [6.45, 7) is 7.90. The van der Waals surface area contributed by atoms with Gasteiger partial charge < -0.3 is 4.90 Å². The molecule has 1 heteroatoms. The zero-order valence-electron chi connectivity index (χ0n) is 17.0. The third-order valence-corrected chi connectivity index (χ3v) is 10.1. The zero-order chi connectivity index (χ0) is 17.1. The van der Waals surface area contributed by atoms with Gasteiger partial charge in [0.2, 0.25) is 0 Å². The second kappa shape index (κ2) is 6.00. The topological polar surface area (TPSA) is 3.24 Å². The Morgan fingerprint density at radius 3 is 2.29 bits per heavy atom. The lowest BCUT2D eigenvalue weighted by atomic mass is 9.44. The van der Waals surface area contributed by atoms with Crippen LogP contribution in [0.15, 0.2) is 0 Å². The zero-order valence-corrected chi connectivity index (χ0v) is 17.0. The Labute approximate surface area is 151 Å². The number of rotatable bonds is 2. The van der Waals surface area contributed by atoms with Crippen molar-refractivity contribution in [3.63, 3.8) is 0 Å². The van der Waals surface area contributed by atoms with Crippen LogP contribution >= 0.6 is 0 Å². The molecule has 0 unspecified atom stereocenters. The molecule has 1 nitrogen and oxygen atoms in total. The molecule has 4 aliphatic rings. The summed E-state index contributed by atoms with van der Waals surface area (Å²) in [5.74, 6) is 5.14. The van der Waals surface area contributed by atoms with E-state index in [0.717, 1.165) is 35.6 Å². The van der Waals surface area contributed by atoms with Crippen molar-refractivity contribution in [2.24, 2.45) is 40.4 Å². The first-order valence-electron chi connectivity index (χ1n) is 11.0. The summed E-state index contributed by atoms with van der Waals surface area (Å²) in [5.41, 5.74) is 1.33. The van der Waals surface area contributed by atoms with E-state index in [4.69, 9.17) is 0 Å². The number of nitrogens with zero attached hydrogens (tertiary/aromatic N) is 1. The van der Waals surface area contributed by atoms with E-state index in [1.165, 1.54) is 32.1 Å². The van der Waals surface area contributed by atoms with Crippen molar-refractivity contribution >= 4 is 0 Å². The molecule has 4 aliphatic carbocycles. The molecule has 4 saturated carbocycles. The van der Waals surface area contributed by atoms with E-state index >= 15 is 0 Å². The van der Waals surface area contributed by atoms with Gasteiger partial charge in [0.15, 0.2) is 0 Å². The molecule has 0 saturated heterocycles. The Kier molecular flexibility index (Phi) is 4.34. The second-order valence-corrected chi connectivity index (χ2v) is 10.8. The molecule has 4 fully saturated rings. The van der Waals surface area contributed by atoms with Gasteiger partial charge in [-0.15, -0.1) is 0 Å². The van der Waals surface area contributed by atoms with Crippen LogP contribution in [0.2, 0.25) is 0 Å². The van der Waals surface area contributed by atoms with E-state index in [-0.39, 0.29) is 0 Å². The quantitative estimate of drug-likeness (QED) is 0.601. The largest absolute Gasteiger partial charge is 0.306 e. The van der Waals surface area contributed by atoms with Crippen LogP contribution in [0.1, 0.15) is 85.0 Å². The van der Waals surface area contributed by atoms with Crippen LogP contribution in [-0.4, -0.2) is 25.0 Å². The monoisotopic (exact) mass is 331 g/mol. The highest BCUT2D eigenvalue weighted by molar-refractivity contribution is 5.09. The van der Waals surface area contributed by atoms with Crippen LogP contribution in [0.5, 0.6) is 0 Å². The average Bonchev–Trinajstić information content (AvgIpc) is 2.90. The minimum atomic E-state index is 0.628. The van der Waals surface area contributed by atoms with Crippen molar-refractivity contribution in [1.29, 1.82) is 0 Å². The Morgan fingerprint density at radius 2 is 1.54 bits per heavy atom. The van der Waals surface area contributed by atoms with Crippen LogP contribution < -0.4 is 0 Å². The molecular formula is C23H41N. The van der Waals surface area contributed by atoms with E-state index in [9.17, 15) is 0 Å². The first-order valence-corrected chi connectivity index (χ1v) is 11.0. The Balaban J connectivity index is 1.59. The normalized spacial score (nSPS) is 52.5. The van der Waals surface area contributed by atoms with E-state index < -0.39 is 0 Å². The lowest BCUT2D eigenvalue weighted by molar-refractivity contribution is -0.114. The van der Waals surface area contributed by atoms with Gasteiger partial charge >= 0.3 is 0 Å². The summed E-state index contributed by atoms with van der Waals surface area (Å²) in [7, 11) is 4.59. The van der Waals surface area contributed by atoms with Crippen LogP contribution in [-0.2, 0) is 0 Å². The molecule has 0 aliphatic heterocycles. The first-order chi connectivity index (χ1) is 11.4. The van der Waals surface area contributed by atoms with Crippen molar-refractivity contribution in [1.82, 2.24) is 4.90 Å². The van der Waals surface area contributed by atoms with Crippen LogP contribution in [0, 0.1) is 40.4 Å². The van der Waals surface area contributed by atoms with Gasteiger partial charge in [-0.05, 0) is 113 Å². The number of hydrogen-bond acceptors (Lipinski definition) is 1. The summed E-state index contributed by atoms with van der Waals surface area (Å²) >= 11 is 0. The summed E-state index contributed by atoms with van der Waals surface area (Å²) in [4.78, 5) is 2.49. The summed E-state index contributed by atoms with van der Waals surface area (Å²) in [6.07, 6.45) is 15.3. The van der Waals surface area contributed by atoms with Gasteiger partial charge in [0.1, 0.15) is 0 Å². The van der Waals surface area contributed by atoms with Gasteiger partial charge in [-0.3, -0.25) is 0 Å². The Hall–Kier alpha value is -0.0400. The highest BCUT2D eigenvalue weighted by atomic mass is 15.1.